The van der Waals surface area contributed by atoms with E-state index in [4.69, 9.17) is 18.9 Å². The Hall–Kier alpha value is -0.780. The van der Waals surface area contributed by atoms with Crippen molar-refractivity contribution < 1.29 is 23.7 Å². The second-order valence-electron chi connectivity index (χ2n) is 7.93. The molecule has 1 saturated carbocycles. The van der Waals surface area contributed by atoms with Gasteiger partial charge in [-0.15, -0.1) is 0 Å². The molecule has 0 amide bonds. The summed E-state index contributed by atoms with van der Waals surface area (Å²) in [7, 11) is 0. The number of esters is 1. The Balaban J connectivity index is 1.91. The maximum atomic E-state index is 11.4. The van der Waals surface area contributed by atoms with Gasteiger partial charge in [0.1, 0.15) is 6.42 Å². The van der Waals surface area contributed by atoms with Crippen molar-refractivity contribution in [1.82, 2.24) is 0 Å². The predicted molar refractivity (Wildman–Crippen MR) is 79.4 cm³/mol. The van der Waals surface area contributed by atoms with Crippen molar-refractivity contribution in [3.8, 4) is 0 Å². The van der Waals surface area contributed by atoms with Crippen LogP contribution in [0.15, 0.2) is 0 Å². The predicted octanol–water partition coefficient (Wildman–Crippen LogP) is 3.17. The molecule has 0 aromatic carbocycles. The lowest BCUT2D eigenvalue weighted by molar-refractivity contribution is -0.364. The summed E-state index contributed by atoms with van der Waals surface area (Å²) >= 11 is 0. The van der Waals surface area contributed by atoms with Crippen molar-refractivity contribution in [3.63, 3.8) is 0 Å². The number of carbonyl (C=O) groups is 1. The van der Waals surface area contributed by atoms with Gasteiger partial charge in [0.15, 0.2) is 0 Å². The smallest absolute Gasteiger partial charge is 0.305 e. The zero-order valence-corrected chi connectivity index (χ0v) is 14.2. The molecule has 5 nitrogen and oxygen atoms in total. The Morgan fingerprint density at radius 3 is 2.73 bits per heavy atom. The van der Waals surface area contributed by atoms with Crippen molar-refractivity contribution in [2.24, 2.45) is 11.3 Å². The van der Waals surface area contributed by atoms with Crippen LogP contribution < -0.4 is 0 Å². The van der Waals surface area contributed by atoms with Crippen molar-refractivity contribution in [3.05, 3.63) is 6.10 Å². The molecule has 4 bridgehead atoms. The molecular formula is C17H27O5+. The number of ether oxygens (including phenoxy) is 4. The van der Waals surface area contributed by atoms with Crippen LogP contribution in [0.5, 0.6) is 0 Å². The van der Waals surface area contributed by atoms with Crippen molar-refractivity contribution in [2.45, 2.75) is 84.6 Å². The van der Waals surface area contributed by atoms with Crippen LogP contribution in [0.3, 0.4) is 0 Å². The van der Waals surface area contributed by atoms with Gasteiger partial charge < -0.3 is 14.2 Å². The fourth-order valence-electron chi connectivity index (χ4n) is 4.12. The first-order valence-corrected chi connectivity index (χ1v) is 8.22. The average molecular weight is 311 g/mol. The van der Waals surface area contributed by atoms with Gasteiger partial charge in [-0.2, -0.15) is 4.74 Å². The van der Waals surface area contributed by atoms with Gasteiger partial charge in [0.2, 0.25) is 12.2 Å². The summed E-state index contributed by atoms with van der Waals surface area (Å²) in [6, 6.07) is 0. The lowest BCUT2D eigenvalue weighted by Crippen LogP contribution is -2.61. The Kier molecular flexibility index (Phi) is 3.94. The summed E-state index contributed by atoms with van der Waals surface area (Å²) < 4.78 is 23.6. The van der Waals surface area contributed by atoms with Crippen LogP contribution in [0.2, 0.25) is 0 Å². The van der Waals surface area contributed by atoms with Gasteiger partial charge in [-0.1, -0.05) is 6.92 Å². The van der Waals surface area contributed by atoms with Gasteiger partial charge in [0.05, 0.1) is 17.1 Å². The highest BCUT2D eigenvalue weighted by Crippen LogP contribution is 2.58. The fraction of sp³-hybridized carbons (Fsp3) is 0.882. The van der Waals surface area contributed by atoms with Crippen LogP contribution in [0.1, 0.15) is 60.3 Å². The average Bonchev–Trinajstić information content (AvgIpc) is 2.42. The quantitative estimate of drug-likeness (QED) is 0.579. The third-order valence-electron chi connectivity index (χ3n) is 4.91. The van der Waals surface area contributed by atoms with Gasteiger partial charge in [-0.05, 0) is 33.6 Å². The molecule has 0 radical (unpaired) electrons. The van der Waals surface area contributed by atoms with Gasteiger partial charge in [-0.25, -0.2) is 0 Å². The molecule has 3 saturated heterocycles. The third kappa shape index (κ3) is 2.86. The van der Waals surface area contributed by atoms with E-state index < -0.39 is 6.29 Å². The summed E-state index contributed by atoms with van der Waals surface area (Å²) in [4.78, 5) is 11.4. The Labute approximate surface area is 132 Å². The zero-order chi connectivity index (χ0) is 16.1. The normalized spacial score (nSPS) is 41.2. The number of carbonyl (C=O) groups excluding carboxylic acids is 1. The first kappa shape index (κ1) is 16.1. The molecule has 0 aromatic heterocycles. The molecular weight excluding hydrogens is 284 g/mol. The van der Waals surface area contributed by atoms with E-state index >= 15 is 0 Å². The number of hydrogen-bond donors (Lipinski definition) is 0. The molecule has 1 unspecified atom stereocenters. The Bertz CT molecular complexity index is 443. The van der Waals surface area contributed by atoms with E-state index in [-0.39, 0.29) is 35.3 Å². The van der Waals surface area contributed by atoms with E-state index in [2.05, 4.69) is 27.7 Å². The first-order valence-electron chi connectivity index (χ1n) is 8.22. The lowest BCUT2D eigenvalue weighted by Gasteiger charge is -2.51. The molecule has 4 aliphatic rings. The zero-order valence-electron chi connectivity index (χ0n) is 14.2. The lowest BCUT2D eigenvalue weighted by atomic mass is 9.65. The van der Waals surface area contributed by atoms with Crippen LogP contribution >= 0.6 is 0 Å². The van der Waals surface area contributed by atoms with Crippen LogP contribution in [0.25, 0.3) is 0 Å². The molecule has 124 valence electrons. The molecule has 4 fully saturated rings. The van der Waals surface area contributed by atoms with Gasteiger partial charge in [0.25, 0.3) is 12.4 Å². The first-order chi connectivity index (χ1) is 10.2. The van der Waals surface area contributed by atoms with Crippen molar-refractivity contribution in [2.75, 3.05) is 0 Å². The largest absolute Gasteiger partial charge is 0.431 e. The molecule has 22 heavy (non-hydrogen) atoms. The SMILES string of the molecule is CC(=O)O[C@@H]1O[C@H]2C[C@@]3(C)C1[C+](CCC[C@@H]3OC(C)(C)C)O2. The van der Waals surface area contributed by atoms with E-state index in [1.165, 1.54) is 6.92 Å². The second-order valence-corrected chi connectivity index (χ2v) is 7.93. The van der Waals surface area contributed by atoms with Crippen molar-refractivity contribution in [1.29, 1.82) is 0 Å². The molecule has 0 N–H and O–H groups in total. The standard InChI is InChI=1S/C17H27O5/c1-10(18)19-15-14-11-7-6-8-12(22-16(2,3)4)17(14,5)9-13(20-11)21-15/h12-15H,6-9H2,1-5H3/q+1/t12-,13-,14?,15+,17+/m0/s1. The van der Waals surface area contributed by atoms with E-state index in [0.29, 0.717) is 0 Å². The van der Waals surface area contributed by atoms with Gasteiger partial charge in [0, 0.05) is 13.3 Å². The van der Waals surface area contributed by atoms with Crippen LogP contribution in [0, 0.1) is 17.4 Å². The van der Waals surface area contributed by atoms with Gasteiger partial charge in [-0.3, -0.25) is 4.79 Å². The molecule has 0 spiro atoms. The maximum absolute atomic E-state index is 11.4. The fourth-order valence-corrected chi connectivity index (χ4v) is 4.12. The third-order valence-corrected chi connectivity index (χ3v) is 4.91. The molecule has 1 aliphatic carbocycles. The second kappa shape index (κ2) is 5.39. The highest BCUT2D eigenvalue weighted by atomic mass is 16.8. The summed E-state index contributed by atoms with van der Waals surface area (Å²) in [5, 5.41) is 0. The Morgan fingerprint density at radius 1 is 1.36 bits per heavy atom. The monoisotopic (exact) mass is 311 g/mol. The van der Waals surface area contributed by atoms with Crippen LogP contribution in [-0.4, -0.2) is 30.3 Å². The minimum atomic E-state index is -0.547. The number of hydrogen-bond acceptors (Lipinski definition) is 5. The van der Waals surface area contributed by atoms with Crippen LogP contribution in [-0.2, 0) is 23.7 Å². The molecule has 4 rings (SSSR count). The van der Waals surface area contributed by atoms with Crippen molar-refractivity contribution >= 4 is 5.97 Å². The maximum Gasteiger partial charge on any atom is 0.305 e. The summed E-state index contributed by atoms with van der Waals surface area (Å²) in [6.07, 6.45) is 3.95. The van der Waals surface area contributed by atoms with E-state index in [9.17, 15) is 4.79 Å². The Morgan fingerprint density at radius 2 is 2.09 bits per heavy atom. The number of fused-ring (bicyclic) bond motifs is 1. The molecule has 3 aliphatic heterocycles. The van der Waals surface area contributed by atoms with Gasteiger partial charge >= 0.3 is 5.97 Å². The van der Waals surface area contributed by atoms with Crippen LogP contribution in [0.4, 0.5) is 0 Å². The van der Waals surface area contributed by atoms with E-state index in [1.54, 1.807) is 0 Å². The minimum Gasteiger partial charge on any atom is -0.431 e. The topological polar surface area (TPSA) is 54.0 Å². The molecule has 0 aromatic rings. The van der Waals surface area contributed by atoms with E-state index in [1.807, 2.05) is 0 Å². The highest BCUT2D eigenvalue weighted by Gasteiger charge is 2.69. The summed E-state index contributed by atoms with van der Waals surface area (Å²) in [6.45, 7) is 9.91. The number of rotatable bonds is 2. The highest BCUT2D eigenvalue weighted by molar-refractivity contribution is 5.66. The van der Waals surface area contributed by atoms with E-state index in [0.717, 1.165) is 31.8 Å². The molecule has 5 atom stereocenters. The summed E-state index contributed by atoms with van der Waals surface area (Å²) in [5.74, 6) is -0.358. The molecule has 5 heteroatoms. The summed E-state index contributed by atoms with van der Waals surface area (Å²) in [5.41, 5.74) is -0.325. The molecule has 3 heterocycles. The minimum absolute atomic E-state index is 0.0451.